The number of benzene rings is 1. The van der Waals surface area contributed by atoms with Gasteiger partial charge in [-0.25, -0.2) is 9.36 Å². The van der Waals surface area contributed by atoms with Crippen LogP contribution in [0.5, 0.6) is 0 Å². The van der Waals surface area contributed by atoms with Gasteiger partial charge in [0.25, 0.3) is 0 Å². The fraction of sp³-hybridized carbons (Fsp3) is 0.364. The maximum atomic E-state index is 12.8. The van der Waals surface area contributed by atoms with Crippen molar-refractivity contribution < 1.29 is 31.1 Å². The quantitative estimate of drug-likeness (QED) is 0.436. The molecular weight excluding hydrogens is 420 g/mol. The van der Waals surface area contributed by atoms with Gasteiger partial charge in [0.05, 0.1) is 5.56 Å². The molecule has 2 aliphatic rings. The summed E-state index contributed by atoms with van der Waals surface area (Å²) in [5, 5.41) is 10.1. The van der Waals surface area contributed by atoms with E-state index in [1.165, 1.54) is 23.2 Å². The molecule has 0 fully saturated rings. The van der Waals surface area contributed by atoms with Crippen molar-refractivity contribution in [3.8, 4) is 11.1 Å². The van der Waals surface area contributed by atoms with Crippen LogP contribution in [0, 0.1) is 0 Å². The van der Waals surface area contributed by atoms with Gasteiger partial charge in [0.2, 0.25) is 0 Å². The standard InChI is InChI=1S/C22H23N2O3.BrH/c25-12-11-23-9-5-15(6-10-23)19-14-17-13-16-3-1-7-24-8-2-4-18(20(16)24)21(17)27-22(19)26;/h5-6,9-10,13-14,25H,1-4,7-8,11-12H2;1H/q+1;/p-1. The lowest BCUT2D eigenvalue weighted by molar-refractivity contribution is -0.698. The highest BCUT2D eigenvalue weighted by atomic mass is 79.9. The number of aliphatic hydroxyl groups is 1. The molecule has 3 aromatic rings. The number of nitrogens with zero attached hydrogens (tertiary/aromatic N) is 2. The number of hydrogen-bond donors (Lipinski definition) is 1. The summed E-state index contributed by atoms with van der Waals surface area (Å²) in [6.45, 7) is 2.84. The third kappa shape index (κ3) is 3.14. The van der Waals surface area contributed by atoms with Crippen molar-refractivity contribution >= 4 is 16.7 Å². The molecule has 0 amide bonds. The van der Waals surface area contributed by atoms with Gasteiger partial charge in [-0.15, -0.1) is 0 Å². The van der Waals surface area contributed by atoms with Gasteiger partial charge >= 0.3 is 5.63 Å². The number of hydrogen-bond acceptors (Lipinski definition) is 4. The summed E-state index contributed by atoms with van der Waals surface area (Å²) in [5.41, 5.74) is 5.83. The molecule has 5 nitrogen and oxygen atoms in total. The van der Waals surface area contributed by atoms with Crippen LogP contribution >= 0.6 is 0 Å². The highest BCUT2D eigenvalue weighted by Gasteiger charge is 2.27. The van der Waals surface area contributed by atoms with Gasteiger partial charge in [0, 0.05) is 47.4 Å². The molecular formula is C22H23BrN2O3. The van der Waals surface area contributed by atoms with E-state index in [2.05, 4.69) is 11.0 Å². The van der Waals surface area contributed by atoms with E-state index in [9.17, 15) is 4.79 Å². The molecule has 0 spiro atoms. The lowest BCUT2D eigenvalue weighted by Gasteiger charge is -2.37. The first kappa shape index (κ1) is 19.2. The fourth-order valence-electron chi connectivity index (χ4n) is 4.55. The zero-order chi connectivity index (χ0) is 18.4. The Morgan fingerprint density at radius 1 is 1.11 bits per heavy atom. The third-order valence-corrected chi connectivity index (χ3v) is 5.78. The summed E-state index contributed by atoms with van der Waals surface area (Å²) in [5.74, 6) is 0. The Morgan fingerprint density at radius 2 is 1.86 bits per heavy atom. The molecule has 0 saturated carbocycles. The van der Waals surface area contributed by atoms with E-state index in [-0.39, 0.29) is 29.2 Å². The molecule has 28 heavy (non-hydrogen) atoms. The van der Waals surface area contributed by atoms with Gasteiger partial charge in [-0.2, -0.15) is 0 Å². The van der Waals surface area contributed by atoms with Crippen LogP contribution in [0.1, 0.15) is 24.0 Å². The molecule has 2 aromatic heterocycles. The molecule has 4 heterocycles. The zero-order valence-corrected chi connectivity index (χ0v) is 17.2. The smallest absolute Gasteiger partial charge is 0.344 e. The molecule has 2 aliphatic heterocycles. The maximum Gasteiger partial charge on any atom is 0.344 e. The van der Waals surface area contributed by atoms with Crippen LogP contribution < -0.4 is 32.1 Å². The predicted octanol–water partition coefficient (Wildman–Crippen LogP) is -0.557. The average molecular weight is 443 g/mol. The van der Waals surface area contributed by atoms with Crippen LogP contribution in [0.15, 0.2) is 45.9 Å². The Kier molecular flexibility index (Phi) is 5.25. The zero-order valence-electron chi connectivity index (χ0n) is 15.7. The van der Waals surface area contributed by atoms with Gasteiger partial charge in [-0.3, -0.25) is 0 Å². The van der Waals surface area contributed by atoms with Crippen molar-refractivity contribution in [2.75, 3.05) is 24.6 Å². The van der Waals surface area contributed by atoms with Gasteiger partial charge in [0.15, 0.2) is 18.9 Å². The number of fused-ring (bicyclic) bond motifs is 2. The molecule has 0 bridgehead atoms. The largest absolute Gasteiger partial charge is 1.00 e. The van der Waals surface area contributed by atoms with Crippen LogP contribution in [0.2, 0.25) is 0 Å². The van der Waals surface area contributed by atoms with E-state index >= 15 is 0 Å². The molecule has 1 aromatic carbocycles. The summed E-state index contributed by atoms with van der Waals surface area (Å²) in [6, 6.07) is 8.00. The summed E-state index contributed by atoms with van der Waals surface area (Å²) in [4.78, 5) is 15.2. The second-order valence-electron chi connectivity index (χ2n) is 7.47. The normalized spacial score (nSPS) is 15.2. The Morgan fingerprint density at radius 3 is 2.61 bits per heavy atom. The minimum Gasteiger partial charge on any atom is -1.00 e. The van der Waals surface area contributed by atoms with Crippen molar-refractivity contribution in [1.29, 1.82) is 0 Å². The number of pyridine rings is 1. The van der Waals surface area contributed by atoms with Gasteiger partial charge < -0.3 is 31.4 Å². The van der Waals surface area contributed by atoms with E-state index in [0.29, 0.717) is 12.1 Å². The molecule has 146 valence electrons. The number of halogens is 1. The number of aryl methyl sites for hydroxylation is 2. The fourth-order valence-corrected chi connectivity index (χ4v) is 4.55. The van der Waals surface area contributed by atoms with E-state index in [1.807, 2.05) is 35.2 Å². The lowest BCUT2D eigenvalue weighted by atomic mass is 9.89. The Labute approximate surface area is 174 Å². The Hall–Kier alpha value is -2.18. The van der Waals surface area contributed by atoms with Crippen molar-refractivity contribution in [2.24, 2.45) is 0 Å². The van der Waals surface area contributed by atoms with Crippen molar-refractivity contribution in [3.63, 3.8) is 0 Å². The highest BCUT2D eigenvalue weighted by Crippen LogP contribution is 2.40. The van der Waals surface area contributed by atoms with E-state index in [4.69, 9.17) is 9.52 Å². The van der Waals surface area contributed by atoms with Gasteiger partial charge in [-0.05, 0) is 43.4 Å². The first-order valence-corrected chi connectivity index (χ1v) is 9.72. The van der Waals surface area contributed by atoms with Crippen LogP contribution in [0.25, 0.3) is 22.1 Å². The van der Waals surface area contributed by atoms with Crippen molar-refractivity contribution in [1.82, 2.24) is 0 Å². The average Bonchev–Trinajstić information content (AvgIpc) is 2.70. The number of anilines is 1. The van der Waals surface area contributed by atoms with E-state index in [1.54, 1.807) is 0 Å². The third-order valence-electron chi connectivity index (χ3n) is 5.78. The Balaban J connectivity index is 0.00000192. The van der Waals surface area contributed by atoms with Gasteiger partial charge in [0.1, 0.15) is 12.2 Å². The summed E-state index contributed by atoms with van der Waals surface area (Å²) in [7, 11) is 0. The van der Waals surface area contributed by atoms with Crippen LogP contribution in [0.3, 0.4) is 0 Å². The molecule has 6 heteroatoms. The Bertz CT molecular complexity index is 1070. The first-order chi connectivity index (χ1) is 13.2. The molecule has 0 saturated heterocycles. The van der Waals surface area contributed by atoms with Crippen LogP contribution in [-0.2, 0) is 19.4 Å². The highest BCUT2D eigenvalue weighted by molar-refractivity contribution is 5.90. The lowest BCUT2D eigenvalue weighted by Crippen LogP contribution is -3.00. The number of aliphatic hydroxyl groups excluding tert-OH is 1. The second-order valence-corrected chi connectivity index (χ2v) is 7.47. The summed E-state index contributed by atoms with van der Waals surface area (Å²) >= 11 is 0. The SMILES string of the molecule is O=c1oc2c3c4c(cc2cc1-c1cc[n+](CCO)cc1)CCCN4CCC3.[Br-]. The molecule has 5 rings (SSSR count). The second kappa shape index (κ2) is 7.68. The number of rotatable bonds is 3. The number of aromatic nitrogens is 1. The van der Waals surface area contributed by atoms with Crippen molar-refractivity contribution in [3.05, 3.63) is 58.2 Å². The minimum absolute atomic E-state index is 0. The van der Waals surface area contributed by atoms with Gasteiger partial charge in [-0.1, -0.05) is 0 Å². The molecule has 1 N–H and O–H groups in total. The molecule has 0 unspecified atom stereocenters. The summed E-state index contributed by atoms with van der Waals surface area (Å²) in [6.07, 6.45) is 8.12. The van der Waals surface area contributed by atoms with Crippen LogP contribution in [-0.4, -0.2) is 24.8 Å². The maximum absolute atomic E-state index is 12.8. The molecule has 0 atom stereocenters. The molecule has 0 aliphatic carbocycles. The van der Waals surface area contributed by atoms with Crippen LogP contribution in [0.4, 0.5) is 5.69 Å². The predicted molar refractivity (Wildman–Crippen MR) is 104 cm³/mol. The summed E-state index contributed by atoms with van der Waals surface area (Å²) < 4.78 is 7.76. The van der Waals surface area contributed by atoms with Crippen molar-refractivity contribution in [2.45, 2.75) is 32.2 Å². The van der Waals surface area contributed by atoms with E-state index < -0.39 is 0 Å². The molecule has 0 radical (unpaired) electrons. The topological polar surface area (TPSA) is 57.6 Å². The minimum atomic E-state index is -0.286. The van der Waals surface area contributed by atoms with E-state index in [0.717, 1.165) is 48.9 Å². The first-order valence-electron chi connectivity index (χ1n) is 9.72. The monoisotopic (exact) mass is 442 g/mol.